The first-order valence-electron chi connectivity index (χ1n) is 8.30. The normalized spacial score (nSPS) is 12.1. The van der Waals surface area contributed by atoms with Crippen LogP contribution in [0.2, 0.25) is 0 Å². The van der Waals surface area contributed by atoms with E-state index in [-0.39, 0.29) is 18.6 Å². The smallest absolute Gasteiger partial charge is 0.270 e. The molecule has 0 fully saturated rings. The molecule has 3 rings (SSSR count). The Hall–Kier alpha value is -2.86. The van der Waals surface area contributed by atoms with Gasteiger partial charge in [0.05, 0.1) is 12.0 Å². The summed E-state index contributed by atoms with van der Waals surface area (Å²) >= 11 is 0. The van der Waals surface area contributed by atoms with Gasteiger partial charge in [0, 0.05) is 18.7 Å². The van der Waals surface area contributed by atoms with Crippen molar-refractivity contribution in [3.8, 4) is 17.1 Å². The first-order valence-corrected chi connectivity index (χ1v) is 8.30. The molecule has 2 aromatic heterocycles. The van der Waals surface area contributed by atoms with Crippen molar-refractivity contribution in [3.63, 3.8) is 0 Å². The Kier molecular flexibility index (Phi) is 5.30. The molecule has 25 heavy (non-hydrogen) atoms. The zero-order chi connectivity index (χ0) is 17.6. The Balaban J connectivity index is 1.92. The van der Waals surface area contributed by atoms with Crippen molar-refractivity contribution in [2.75, 3.05) is 6.61 Å². The summed E-state index contributed by atoms with van der Waals surface area (Å²) in [4.78, 5) is 12.7. The number of aliphatic hydroxyl groups excluding tert-OH is 1. The second kappa shape index (κ2) is 7.81. The number of furan rings is 1. The van der Waals surface area contributed by atoms with Crippen molar-refractivity contribution in [3.05, 3.63) is 60.5 Å². The van der Waals surface area contributed by atoms with Gasteiger partial charge >= 0.3 is 0 Å². The number of aliphatic hydroxyl groups is 1. The minimum absolute atomic E-state index is 0.0363. The van der Waals surface area contributed by atoms with Gasteiger partial charge in [0.15, 0.2) is 5.76 Å². The Morgan fingerprint density at radius 1 is 1.28 bits per heavy atom. The molecule has 2 N–H and O–H groups in total. The monoisotopic (exact) mass is 339 g/mol. The minimum Gasteiger partial charge on any atom is -0.463 e. The van der Waals surface area contributed by atoms with Crippen LogP contribution >= 0.6 is 0 Å². The molecule has 0 bridgehead atoms. The van der Waals surface area contributed by atoms with Gasteiger partial charge in [-0.25, -0.2) is 4.68 Å². The van der Waals surface area contributed by atoms with E-state index in [1.807, 2.05) is 43.3 Å². The van der Waals surface area contributed by atoms with Crippen LogP contribution in [0.25, 0.3) is 17.1 Å². The maximum Gasteiger partial charge on any atom is 0.270 e. The third kappa shape index (κ3) is 3.97. The highest BCUT2D eigenvalue weighted by Crippen LogP contribution is 2.22. The fourth-order valence-electron chi connectivity index (χ4n) is 2.62. The lowest BCUT2D eigenvalue weighted by Crippen LogP contribution is -2.34. The van der Waals surface area contributed by atoms with Crippen molar-refractivity contribution in [2.45, 2.75) is 25.8 Å². The number of rotatable bonds is 7. The van der Waals surface area contributed by atoms with Crippen molar-refractivity contribution in [1.82, 2.24) is 15.1 Å². The summed E-state index contributed by atoms with van der Waals surface area (Å²) in [5.74, 6) is 0.400. The number of nitrogens with zero attached hydrogens (tertiary/aromatic N) is 2. The van der Waals surface area contributed by atoms with Crippen molar-refractivity contribution < 1.29 is 14.3 Å². The number of carbonyl (C=O) groups is 1. The molecule has 6 nitrogen and oxygen atoms in total. The van der Waals surface area contributed by atoms with Crippen LogP contribution in [0.15, 0.2) is 59.2 Å². The predicted molar refractivity (Wildman–Crippen MR) is 94.5 cm³/mol. The largest absolute Gasteiger partial charge is 0.463 e. The van der Waals surface area contributed by atoms with Gasteiger partial charge in [-0.3, -0.25) is 4.79 Å². The van der Waals surface area contributed by atoms with Crippen molar-refractivity contribution in [1.29, 1.82) is 0 Å². The molecule has 0 aliphatic rings. The maximum atomic E-state index is 12.7. The molecule has 3 aromatic rings. The van der Waals surface area contributed by atoms with Gasteiger partial charge in [0.2, 0.25) is 0 Å². The van der Waals surface area contributed by atoms with Crippen LogP contribution in [0.3, 0.4) is 0 Å². The Morgan fingerprint density at radius 2 is 2.08 bits per heavy atom. The van der Waals surface area contributed by atoms with Crippen LogP contribution in [-0.2, 0) is 0 Å². The van der Waals surface area contributed by atoms with Gasteiger partial charge in [0.1, 0.15) is 11.4 Å². The van der Waals surface area contributed by atoms with E-state index in [1.54, 1.807) is 23.1 Å². The summed E-state index contributed by atoms with van der Waals surface area (Å²) in [5, 5.41) is 16.4. The average molecular weight is 339 g/mol. The molecule has 0 aliphatic carbocycles. The highest BCUT2D eigenvalue weighted by atomic mass is 16.3. The number of nitrogens with one attached hydrogen (secondary N) is 1. The molecule has 1 unspecified atom stereocenters. The van der Waals surface area contributed by atoms with Crippen LogP contribution in [0.5, 0.6) is 0 Å². The van der Waals surface area contributed by atoms with Gasteiger partial charge in [-0.15, -0.1) is 0 Å². The van der Waals surface area contributed by atoms with Crippen molar-refractivity contribution >= 4 is 5.91 Å². The van der Waals surface area contributed by atoms with E-state index in [2.05, 4.69) is 10.4 Å². The van der Waals surface area contributed by atoms with E-state index >= 15 is 0 Å². The molecule has 6 heteroatoms. The highest BCUT2D eigenvalue weighted by Gasteiger charge is 2.19. The Bertz CT molecular complexity index is 810. The summed E-state index contributed by atoms with van der Waals surface area (Å²) in [5.41, 5.74) is 1.84. The number of aromatic nitrogens is 2. The van der Waals surface area contributed by atoms with E-state index in [0.29, 0.717) is 30.0 Å². The van der Waals surface area contributed by atoms with Crippen LogP contribution in [0.1, 0.15) is 30.3 Å². The van der Waals surface area contributed by atoms with E-state index in [4.69, 9.17) is 9.52 Å². The van der Waals surface area contributed by atoms with Gasteiger partial charge in [0.25, 0.3) is 5.91 Å². The molecular weight excluding hydrogens is 318 g/mol. The maximum absolute atomic E-state index is 12.7. The number of benzene rings is 1. The van der Waals surface area contributed by atoms with E-state index in [9.17, 15) is 4.79 Å². The standard InChI is InChI=1S/C19H21N3O3/c1-14(7-5-11-23)20-19(24)17-13-16(18-10-6-12-25-18)21-22(17)15-8-3-2-4-9-15/h2-4,6,8-10,12-14,23H,5,7,11H2,1H3,(H,20,24). The summed E-state index contributed by atoms with van der Waals surface area (Å²) in [6.07, 6.45) is 2.94. The molecule has 1 atom stereocenters. The van der Waals surface area contributed by atoms with Crippen LogP contribution in [0.4, 0.5) is 0 Å². The number of hydrogen-bond acceptors (Lipinski definition) is 4. The number of carbonyl (C=O) groups excluding carboxylic acids is 1. The summed E-state index contributed by atoms with van der Waals surface area (Å²) < 4.78 is 7.02. The molecule has 2 heterocycles. The molecular formula is C19H21N3O3. The van der Waals surface area contributed by atoms with Crippen LogP contribution in [0, 0.1) is 0 Å². The number of amides is 1. The molecule has 1 amide bonds. The number of hydrogen-bond donors (Lipinski definition) is 2. The van der Waals surface area contributed by atoms with E-state index < -0.39 is 0 Å². The summed E-state index contributed by atoms with van der Waals surface area (Å²) in [6, 6.07) is 14.8. The molecule has 0 saturated heterocycles. The molecule has 0 radical (unpaired) electrons. The van der Waals surface area contributed by atoms with Crippen LogP contribution < -0.4 is 5.32 Å². The molecule has 0 saturated carbocycles. The second-order valence-electron chi connectivity index (χ2n) is 5.88. The Labute approximate surface area is 146 Å². The molecule has 0 aliphatic heterocycles. The fraction of sp³-hybridized carbons (Fsp3) is 0.263. The topological polar surface area (TPSA) is 80.3 Å². The van der Waals surface area contributed by atoms with E-state index in [0.717, 1.165) is 5.69 Å². The Morgan fingerprint density at radius 3 is 2.76 bits per heavy atom. The van der Waals surface area contributed by atoms with Crippen LogP contribution in [-0.4, -0.2) is 33.4 Å². The average Bonchev–Trinajstić information content (AvgIpc) is 3.30. The summed E-state index contributed by atoms with van der Waals surface area (Å²) in [7, 11) is 0. The van der Waals surface area contributed by atoms with Gasteiger partial charge < -0.3 is 14.8 Å². The third-order valence-electron chi connectivity index (χ3n) is 3.89. The van der Waals surface area contributed by atoms with Gasteiger partial charge in [-0.2, -0.15) is 5.10 Å². The fourth-order valence-corrected chi connectivity index (χ4v) is 2.62. The quantitative estimate of drug-likeness (QED) is 0.693. The first-order chi connectivity index (χ1) is 12.2. The molecule has 0 spiro atoms. The zero-order valence-corrected chi connectivity index (χ0v) is 14.1. The zero-order valence-electron chi connectivity index (χ0n) is 14.1. The molecule has 130 valence electrons. The second-order valence-corrected chi connectivity index (χ2v) is 5.88. The predicted octanol–water partition coefficient (Wildman–Crippen LogP) is 3.02. The SMILES string of the molecule is CC(CCCO)NC(=O)c1cc(-c2ccco2)nn1-c1ccccc1. The lowest BCUT2D eigenvalue weighted by atomic mass is 10.2. The lowest BCUT2D eigenvalue weighted by Gasteiger charge is -2.14. The minimum atomic E-state index is -0.209. The van der Waals surface area contributed by atoms with Crippen molar-refractivity contribution in [2.24, 2.45) is 0 Å². The van der Waals surface area contributed by atoms with Gasteiger partial charge in [-0.05, 0) is 44.0 Å². The molecule has 1 aromatic carbocycles. The summed E-state index contributed by atoms with van der Waals surface area (Å²) in [6.45, 7) is 2.04. The highest BCUT2D eigenvalue weighted by molar-refractivity contribution is 5.94. The first kappa shape index (κ1) is 17.0. The lowest BCUT2D eigenvalue weighted by molar-refractivity contribution is 0.0928. The van der Waals surface area contributed by atoms with Gasteiger partial charge in [-0.1, -0.05) is 18.2 Å². The van der Waals surface area contributed by atoms with E-state index in [1.165, 1.54) is 0 Å². The number of para-hydroxylation sites is 1. The third-order valence-corrected chi connectivity index (χ3v) is 3.89.